The number of H-pyrrole nitrogens is 1. The fourth-order valence-corrected chi connectivity index (χ4v) is 3.30. The van der Waals surface area contributed by atoms with Crippen molar-refractivity contribution in [1.29, 1.82) is 0 Å². The van der Waals surface area contributed by atoms with E-state index in [9.17, 15) is 4.79 Å². The number of para-hydroxylation sites is 1. The molecule has 0 radical (unpaired) electrons. The molecule has 0 unspecified atom stereocenters. The Morgan fingerprint density at radius 1 is 1.36 bits per heavy atom. The summed E-state index contributed by atoms with van der Waals surface area (Å²) in [6.45, 7) is 0.681. The Morgan fingerprint density at radius 2 is 2.20 bits per heavy atom. The van der Waals surface area contributed by atoms with Gasteiger partial charge in [0.2, 0.25) is 0 Å². The first-order valence-electron chi connectivity index (χ1n) is 8.07. The number of allylic oxidation sites excluding steroid dienone is 1. The van der Waals surface area contributed by atoms with Crippen molar-refractivity contribution in [3.63, 3.8) is 0 Å². The molecule has 0 spiro atoms. The molecule has 3 heterocycles. The van der Waals surface area contributed by atoms with Crippen LogP contribution in [0.4, 0.5) is 5.69 Å². The van der Waals surface area contributed by atoms with E-state index in [1.807, 2.05) is 24.3 Å². The number of nitrogens with two attached hydrogens (primary N) is 2. The molecule has 0 fully saturated rings. The van der Waals surface area contributed by atoms with Crippen molar-refractivity contribution in [2.75, 3.05) is 11.4 Å². The van der Waals surface area contributed by atoms with Crippen molar-refractivity contribution in [3.05, 3.63) is 65.6 Å². The van der Waals surface area contributed by atoms with Gasteiger partial charge in [0.15, 0.2) is 6.21 Å². The number of pyridine rings is 1. The van der Waals surface area contributed by atoms with E-state index in [1.165, 1.54) is 18.0 Å². The number of fused-ring (bicyclic) bond motifs is 2. The Bertz CT molecular complexity index is 1020. The van der Waals surface area contributed by atoms with Crippen LogP contribution in [0.5, 0.6) is 0 Å². The zero-order valence-electron chi connectivity index (χ0n) is 13.6. The standard InChI is InChI=1S/C19H17N5O/c20-8-14(9-21)16-11-23-18-15(16)7-13(10-22-18)19(25)24-6-5-12-3-1-2-4-17(12)24/h1-4,7-11,20H,5-6,21H2,(H,22,23)/p+1. The largest absolute Gasteiger partial charge is 0.404 e. The molecule has 0 aliphatic carbocycles. The van der Waals surface area contributed by atoms with Gasteiger partial charge in [-0.1, -0.05) is 18.2 Å². The van der Waals surface area contributed by atoms with E-state index in [0.717, 1.165) is 23.1 Å². The topological polar surface area (TPSA) is 101 Å². The summed E-state index contributed by atoms with van der Waals surface area (Å²) in [6.07, 6.45) is 7.14. The van der Waals surface area contributed by atoms with E-state index in [1.54, 1.807) is 17.3 Å². The van der Waals surface area contributed by atoms with Crippen LogP contribution in [0.2, 0.25) is 0 Å². The second-order valence-corrected chi connectivity index (χ2v) is 5.95. The minimum absolute atomic E-state index is 0.0542. The number of aromatic nitrogens is 2. The number of nitrogens with zero attached hydrogens (tertiary/aromatic N) is 2. The predicted octanol–water partition coefficient (Wildman–Crippen LogP) is 0.895. The van der Waals surface area contributed by atoms with Gasteiger partial charge in [0.05, 0.1) is 11.1 Å². The molecule has 4 rings (SSSR count). The highest BCUT2D eigenvalue weighted by atomic mass is 16.2. The van der Waals surface area contributed by atoms with Gasteiger partial charge in [0.25, 0.3) is 5.91 Å². The van der Waals surface area contributed by atoms with Crippen LogP contribution < -0.4 is 16.0 Å². The van der Waals surface area contributed by atoms with Gasteiger partial charge in [0.1, 0.15) is 5.65 Å². The van der Waals surface area contributed by atoms with Crippen LogP contribution in [-0.2, 0) is 6.42 Å². The Hall–Kier alpha value is -3.41. The van der Waals surface area contributed by atoms with E-state index in [4.69, 9.17) is 11.1 Å². The number of hydrogen-bond donors (Lipinski definition) is 3. The number of carbonyl (C=O) groups is 1. The molecule has 1 aliphatic rings. The summed E-state index contributed by atoms with van der Waals surface area (Å²) in [5.41, 5.74) is 10.5. The molecule has 0 saturated heterocycles. The van der Waals surface area contributed by atoms with E-state index >= 15 is 0 Å². The molecule has 0 bridgehead atoms. The van der Waals surface area contributed by atoms with Crippen LogP contribution in [0.1, 0.15) is 21.5 Å². The predicted molar refractivity (Wildman–Crippen MR) is 98.1 cm³/mol. The molecule has 0 atom stereocenters. The molecular weight excluding hydrogens is 314 g/mol. The second-order valence-electron chi connectivity index (χ2n) is 5.95. The monoisotopic (exact) mass is 332 g/mol. The zero-order chi connectivity index (χ0) is 17.4. The fourth-order valence-electron chi connectivity index (χ4n) is 3.30. The summed E-state index contributed by atoms with van der Waals surface area (Å²) in [7, 11) is 0. The van der Waals surface area contributed by atoms with E-state index in [-0.39, 0.29) is 5.91 Å². The molecule has 25 heavy (non-hydrogen) atoms. The first-order chi connectivity index (χ1) is 12.2. The normalized spacial score (nSPS) is 13.9. The highest BCUT2D eigenvalue weighted by Gasteiger charge is 2.25. The molecule has 124 valence electrons. The quantitative estimate of drug-likeness (QED) is 0.621. The maximum atomic E-state index is 13.0. The lowest BCUT2D eigenvalue weighted by molar-refractivity contribution is -0.103. The molecule has 0 saturated carbocycles. The summed E-state index contributed by atoms with van der Waals surface area (Å²) < 4.78 is 0. The summed E-state index contributed by atoms with van der Waals surface area (Å²) in [6, 6.07) is 9.82. The molecule has 3 aromatic rings. The lowest BCUT2D eigenvalue weighted by Gasteiger charge is -2.17. The first kappa shape index (κ1) is 15.1. The van der Waals surface area contributed by atoms with Gasteiger partial charge in [-0.25, -0.2) is 4.98 Å². The van der Waals surface area contributed by atoms with Gasteiger partial charge >= 0.3 is 0 Å². The third kappa shape index (κ3) is 2.39. The lowest BCUT2D eigenvalue weighted by Crippen LogP contribution is -2.30. The maximum Gasteiger partial charge on any atom is 0.259 e. The van der Waals surface area contributed by atoms with Crippen LogP contribution in [0.15, 0.2) is 48.9 Å². The smallest absolute Gasteiger partial charge is 0.259 e. The number of aromatic amines is 1. The van der Waals surface area contributed by atoms with Crippen LogP contribution in [-0.4, -0.2) is 28.6 Å². The SMILES string of the molecule is NC=C(C=[NH2+])c1c[nH]c2ncc(C(=O)N3CCc4ccccc43)cc12. The Morgan fingerprint density at radius 3 is 3.00 bits per heavy atom. The van der Waals surface area contributed by atoms with Crippen molar-refractivity contribution in [2.45, 2.75) is 6.42 Å². The van der Waals surface area contributed by atoms with Gasteiger partial charge in [0, 0.05) is 41.8 Å². The molecule has 6 nitrogen and oxygen atoms in total. The van der Waals surface area contributed by atoms with Crippen molar-refractivity contribution in [1.82, 2.24) is 9.97 Å². The Labute approximate surface area is 144 Å². The van der Waals surface area contributed by atoms with Crippen LogP contribution in [0.3, 0.4) is 0 Å². The highest BCUT2D eigenvalue weighted by molar-refractivity contribution is 6.14. The molecule has 6 heteroatoms. The summed E-state index contributed by atoms with van der Waals surface area (Å²) in [5.74, 6) is -0.0542. The molecule has 1 aromatic carbocycles. The number of nitrogens with one attached hydrogen (secondary N) is 1. The van der Waals surface area contributed by atoms with Crippen LogP contribution >= 0.6 is 0 Å². The summed E-state index contributed by atoms with van der Waals surface area (Å²) in [4.78, 5) is 22.3. The van der Waals surface area contributed by atoms with Crippen LogP contribution in [0.25, 0.3) is 16.6 Å². The Balaban J connectivity index is 1.76. The second kappa shape index (κ2) is 5.90. The third-order valence-electron chi connectivity index (χ3n) is 4.58. The van der Waals surface area contributed by atoms with Gasteiger partial charge in [-0.15, -0.1) is 0 Å². The maximum absolute atomic E-state index is 13.0. The average molecular weight is 332 g/mol. The minimum Gasteiger partial charge on any atom is -0.404 e. The summed E-state index contributed by atoms with van der Waals surface area (Å²) >= 11 is 0. The van der Waals surface area contributed by atoms with Gasteiger partial charge in [-0.2, -0.15) is 0 Å². The summed E-state index contributed by atoms with van der Waals surface area (Å²) in [5, 5.41) is 6.45. The van der Waals surface area contributed by atoms with Gasteiger partial charge < -0.3 is 15.6 Å². The molecule has 2 aromatic heterocycles. The van der Waals surface area contributed by atoms with Crippen molar-refractivity contribution in [3.8, 4) is 0 Å². The van der Waals surface area contributed by atoms with E-state index in [2.05, 4.69) is 16.0 Å². The number of benzene rings is 1. The lowest BCUT2D eigenvalue weighted by atomic mass is 10.1. The number of rotatable bonds is 3. The number of amides is 1. The Kier molecular flexibility index (Phi) is 3.57. The molecular formula is C19H18N5O+. The average Bonchev–Trinajstić information content (AvgIpc) is 3.26. The number of carbonyl (C=O) groups excluding carboxylic acids is 1. The van der Waals surface area contributed by atoms with E-state index in [0.29, 0.717) is 23.3 Å². The van der Waals surface area contributed by atoms with Crippen molar-refractivity contribution >= 4 is 34.4 Å². The first-order valence-corrected chi connectivity index (χ1v) is 8.07. The van der Waals surface area contributed by atoms with Gasteiger partial charge in [-0.05, 0) is 24.1 Å². The fraction of sp³-hybridized carbons (Fsp3) is 0.105. The third-order valence-corrected chi connectivity index (χ3v) is 4.58. The van der Waals surface area contributed by atoms with Crippen LogP contribution in [0, 0.1) is 0 Å². The van der Waals surface area contributed by atoms with Gasteiger partial charge in [-0.3, -0.25) is 10.2 Å². The molecule has 5 N–H and O–H groups in total. The van der Waals surface area contributed by atoms with Crippen molar-refractivity contribution in [2.24, 2.45) is 5.73 Å². The highest BCUT2D eigenvalue weighted by Crippen LogP contribution is 2.30. The number of anilines is 1. The molecule has 1 aliphatic heterocycles. The minimum atomic E-state index is -0.0542. The van der Waals surface area contributed by atoms with Crippen molar-refractivity contribution < 1.29 is 10.2 Å². The number of hydrogen-bond acceptors (Lipinski definition) is 3. The van der Waals surface area contributed by atoms with E-state index < -0.39 is 0 Å². The zero-order valence-corrected chi connectivity index (χ0v) is 13.6. The molecule has 1 amide bonds.